The number of hydrogen-bond acceptors (Lipinski definition) is 1. The van der Waals surface area contributed by atoms with Gasteiger partial charge in [0, 0.05) is 6.42 Å². The van der Waals surface area contributed by atoms with Crippen LogP contribution in [0.3, 0.4) is 0 Å². The summed E-state index contributed by atoms with van der Waals surface area (Å²) in [4.78, 5) is 0. The normalized spacial score (nSPS) is 27.7. The molecule has 1 aliphatic heterocycles. The van der Waals surface area contributed by atoms with Gasteiger partial charge in [-0.2, -0.15) is 0 Å². The summed E-state index contributed by atoms with van der Waals surface area (Å²) in [5.41, 5.74) is 1.03. The minimum Gasteiger partial charge on any atom is -0.366 e. The first-order valence-corrected chi connectivity index (χ1v) is 4.20. The van der Waals surface area contributed by atoms with Crippen molar-refractivity contribution < 1.29 is 4.74 Å². The standard InChI is InChI=1S/C11H12O/c1-2-11(8-9-12-11)10-6-4-3-5-7-10/h2-7H,1,8-9H2. The van der Waals surface area contributed by atoms with Gasteiger partial charge in [0.1, 0.15) is 5.60 Å². The molecule has 1 aromatic rings. The third-order valence-corrected chi connectivity index (χ3v) is 2.43. The van der Waals surface area contributed by atoms with E-state index in [1.165, 1.54) is 5.56 Å². The highest BCUT2D eigenvalue weighted by molar-refractivity contribution is 5.28. The van der Waals surface area contributed by atoms with Crippen molar-refractivity contribution in [3.8, 4) is 0 Å². The fraction of sp³-hybridized carbons (Fsp3) is 0.273. The first-order valence-electron chi connectivity index (χ1n) is 4.20. The molecule has 12 heavy (non-hydrogen) atoms. The smallest absolute Gasteiger partial charge is 0.113 e. The van der Waals surface area contributed by atoms with Crippen molar-refractivity contribution in [2.75, 3.05) is 6.61 Å². The second-order valence-electron chi connectivity index (χ2n) is 3.06. The van der Waals surface area contributed by atoms with Crippen LogP contribution in [0.25, 0.3) is 0 Å². The van der Waals surface area contributed by atoms with E-state index in [-0.39, 0.29) is 5.60 Å². The third-order valence-electron chi connectivity index (χ3n) is 2.43. The number of hydrogen-bond donors (Lipinski definition) is 0. The van der Waals surface area contributed by atoms with E-state index >= 15 is 0 Å². The van der Waals surface area contributed by atoms with Crippen molar-refractivity contribution in [1.82, 2.24) is 0 Å². The molecule has 1 atom stereocenters. The quantitative estimate of drug-likeness (QED) is 0.604. The van der Waals surface area contributed by atoms with E-state index in [1.807, 2.05) is 24.3 Å². The maximum absolute atomic E-state index is 5.54. The van der Waals surface area contributed by atoms with Crippen LogP contribution in [-0.2, 0) is 10.3 Å². The Morgan fingerprint density at radius 2 is 2.00 bits per heavy atom. The first kappa shape index (κ1) is 7.56. The zero-order valence-corrected chi connectivity index (χ0v) is 6.99. The largest absolute Gasteiger partial charge is 0.366 e. The van der Waals surface area contributed by atoms with Crippen LogP contribution in [0.15, 0.2) is 43.0 Å². The maximum atomic E-state index is 5.54. The Hall–Kier alpha value is -1.08. The van der Waals surface area contributed by atoms with E-state index in [1.54, 1.807) is 0 Å². The van der Waals surface area contributed by atoms with E-state index in [9.17, 15) is 0 Å². The van der Waals surface area contributed by atoms with Crippen molar-refractivity contribution in [3.05, 3.63) is 48.6 Å². The lowest BCUT2D eigenvalue weighted by Gasteiger charge is -2.39. The fourth-order valence-corrected chi connectivity index (χ4v) is 1.55. The van der Waals surface area contributed by atoms with Crippen molar-refractivity contribution in [2.45, 2.75) is 12.0 Å². The molecule has 0 bridgehead atoms. The lowest BCUT2D eigenvalue weighted by molar-refractivity contribution is -0.118. The molecule has 2 rings (SSSR count). The second-order valence-corrected chi connectivity index (χ2v) is 3.06. The molecule has 0 aliphatic carbocycles. The summed E-state index contributed by atoms with van der Waals surface area (Å²) < 4.78 is 5.54. The monoisotopic (exact) mass is 160 g/mol. The van der Waals surface area contributed by atoms with Crippen LogP contribution in [0.2, 0.25) is 0 Å². The van der Waals surface area contributed by atoms with Crippen molar-refractivity contribution in [3.63, 3.8) is 0 Å². The Balaban J connectivity index is 2.34. The third kappa shape index (κ3) is 0.978. The predicted molar refractivity (Wildman–Crippen MR) is 48.9 cm³/mol. The summed E-state index contributed by atoms with van der Waals surface area (Å²) in [5, 5.41) is 0. The molecule has 62 valence electrons. The van der Waals surface area contributed by atoms with Gasteiger partial charge in [-0.25, -0.2) is 0 Å². The van der Waals surface area contributed by atoms with Crippen LogP contribution in [-0.4, -0.2) is 6.61 Å². The van der Waals surface area contributed by atoms with Gasteiger partial charge in [0.15, 0.2) is 0 Å². The van der Waals surface area contributed by atoms with Crippen LogP contribution in [0.4, 0.5) is 0 Å². The molecule has 1 aromatic carbocycles. The summed E-state index contributed by atoms with van der Waals surface area (Å²) in [5.74, 6) is 0. The van der Waals surface area contributed by atoms with Crippen molar-refractivity contribution in [1.29, 1.82) is 0 Å². The van der Waals surface area contributed by atoms with E-state index in [0.717, 1.165) is 13.0 Å². The Morgan fingerprint density at radius 3 is 2.42 bits per heavy atom. The molecule has 1 aliphatic rings. The van der Waals surface area contributed by atoms with Gasteiger partial charge in [0.2, 0.25) is 0 Å². The van der Waals surface area contributed by atoms with Crippen molar-refractivity contribution >= 4 is 0 Å². The summed E-state index contributed by atoms with van der Waals surface area (Å²) >= 11 is 0. The summed E-state index contributed by atoms with van der Waals surface area (Å²) in [7, 11) is 0. The lowest BCUT2D eigenvalue weighted by atomic mass is 9.87. The van der Waals surface area contributed by atoms with Crippen LogP contribution in [0.5, 0.6) is 0 Å². The average molecular weight is 160 g/mol. The molecule has 1 nitrogen and oxygen atoms in total. The molecule has 0 amide bonds. The Bertz CT molecular complexity index is 272. The number of rotatable bonds is 2. The Labute approximate surface area is 72.7 Å². The summed E-state index contributed by atoms with van der Waals surface area (Å²) in [6.45, 7) is 4.65. The molecule has 1 fully saturated rings. The first-order chi connectivity index (χ1) is 5.87. The van der Waals surface area contributed by atoms with Crippen LogP contribution >= 0.6 is 0 Å². The molecule has 0 radical (unpaired) electrons. The van der Waals surface area contributed by atoms with E-state index in [4.69, 9.17) is 4.74 Å². The van der Waals surface area contributed by atoms with E-state index in [0.29, 0.717) is 0 Å². The van der Waals surface area contributed by atoms with Gasteiger partial charge in [-0.1, -0.05) is 43.0 Å². The van der Waals surface area contributed by atoms with Gasteiger partial charge in [0.05, 0.1) is 6.61 Å². The molecular weight excluding hydrogens is 148 g/mol. The maximum Gasteiger partial charge on any atom is 0.113 e. The van der Waals surface area contributed by atoms with Crippen LogP contribution < -0.4 is 0 Å². The van der Waals surface area contributed by atoms with Gasteiger partial charge >= 0.3 is 0 Å². The molecule has 0 aromatic heterocycles. The molecule has 1 heterocycles. The SMILES string of the molecule is C=CC1(c2ccccc2)CCO1. The van der Waals surface area contributed by atoms with E-state index in [2.05, 4.69) is 18.7 Å². The van der Waals surface area contributed by atoms with Gasteiger partial charge in [-0.3, -0.25) is 0 Å². The topological polar surface area (TPSA) is 9.23 Å². The van der Waals surface area contributed by atoms with Gasteiger partial charge in [0.25, 0.3) is 0 Å². The number of ether oxygens (including phenoxy) is 1. The predicted octanol–water partition coefficient (Wildman–Crippen LogP) is 2.49. The summed E-state index contributed by atoms with van der Waals surface area (Å²) in [6.07, 6.45) is 2.95. The lowest BCUT2D eigenvalue weighted by Crippen LogP contribution is -2.38. The highest BCUT2D eigenvalue weighted by Crippen LogP contribution is 2.37. The minimum atomic E-state index is -0.179. The average Bonchev–Trinajstić information content (AvgIpc) is 2.05. The zero-order chi connectivity index (χ0) is 8.44. The van der Waals surface area contributed by atoms with Gasteiger partial charge in [-0.15, -0.1) is 0 Å². The molecular formula is C11H12O. The zero-order valence-electron chi connectivity index (χ0n) is 6.99. The molecule has 1 saturated heterocycles. The Morgan fingerprint density at radius 1 is 1.33 bits per heavy atom. The number of benzene rings is 1. The minimum absolute atomic E-state index is 0.179. The fourth-order valence-electron chi connectivity index (χ4n) is 1.55. The molecule has 1 heteroatoms. The van der Waals surface area contributed by atoms with Crippen molar-refractivity contribution in [2.24, 2.45) is 0 Å². The van der Waals surface area contributed by atoms with Crippen LogP contribution in [0, 0.1) is 0 Å². The van der Waals surface area contributed by atoms with Gasteiger partial charge in [-0.05, 0) is 5.56 Å². The van der Waals surface area contributed by atoms with Crippen LogP contribution in [0.1, 0.15) is 12.0 Å². The Kier molecular flexibility index (Phi) is 1.74. The molecule has 0 spiro atoms. The highest BCUT2D eigenvalue weighted by atomic mass is 16.5. The second kappa shape index (κ2) is 2.76. The van der Waals surface area contributed by atoms with E-state index < -0.39 is 0 Å². The summed E-state index contributed by atoms with van der Waals surface area (Å²) in [6, 6.07) is 10.2. The molecule has 0 N–H and O–H groups in total. The molecule has 1 unspecified atom stereocenters. The highest BCUT2D eigenvalue weighted by Gasteiger charge is 2.36. The van der Waals surface area contributed by atoms with Gasteiger partial charge < -0.3 is 4.74 Å². The molecule has 0 saturated carbocycles.